The Bertz CT molecular complexity index is 1400. The van der Waals surface area contributed by atoms with Gasteiger partial charge in [-0.2, -0.15) is 22.9 Å². The molecule has 32 heavy (non-hydrogen) atoms. The third kappa shape index (κ3) is 4.38. The van der Waals surface area contributed by atoms with Crippen LogP contribution in [0.2, 0.25) is 0 Å². The van der Waals surface area contributed by atoms with Gasteiger partial charge in [-0.05, 0) is 70.6 Å². The van der Waals surface area contributed by atoms with Gasteiger partial charge in [-0.1, -0.05) is 24.3 Å². The van der Waals surface area contributed by atoms with Crippen LogP contribution in [0.3, 0.4) is 0 Å². The number of alkyl halides is 3. The van der Waals surface area contributed by atoms with E-state index in [0.29, 0.717) is 22.2 Å². The first-order chi connectivity index (χ1) is 15.3. The van der Waals surface area contributed by atoms with E-state index in [4.69, 9.17) is 4.74 Å². The van der Waals surface area contributed by atoms with E-state index in [-0.39, 0.29) is 11.4 Å². The lowest BCUT2D eigenvalue weighted by Crippen LogP contribution is -2.20. The molecule has 0 saturated carbocycles. The fourth-order valence-electron chi connectivity index (χ4n) is 3.14. The van der Waals surface area contributed by atoms with Gasteiger partial charge in [0, 0.05) is 5.56 Å². The van der Waals surface area contributed by atoms with Crippen LogP contribution in [0.4, 0.5) is 13.2 Å². The van der Waals surface area contributed by atoms with E-state index in [0.717, 1.165) is 20.4 Å². The number of hydrogen-bond donors (Lipinski definition) is 0. The average Bonchev–Trinajstić information content (AvgIpc) is 2.78. The second kappa shape index (κ2) is 8.73. The Morgan fingerprint density at radius 1 is 1.06 bits per heavy atom. The molecule has 3 aromatic carbocycles. The minimum Gasteiger partial charge on any atom is -0.496 e. The Morgan fingerprint density at radius 2 is 1.84 bits per heavy atom. The standard InChI is InChI=1S/C23H15F3IN3O2/c1-32-20-10-9-14(11-18(20)27)13-28-30-21(15-5-4-6-16(12-15)23(24,25)26)29-19-8-3-2-7-17(19)22(30)31/h2-13H,1H3. The summed E-state index contributed by atoms with van der Waals surface area (Å²) in [7, 11) is 1.56. The number of benzene rings is 3. The SMILES string of the molecule is COc1ccc(C=Nn2c(-c3cccc(C(F)(F)F)c3)nc3ccccc3c2=O)cc1I. The number of aromatic nitrogens is 2. The summed E-state index contributed by atoms with van der Waals surface area (Å²) < 4.78 is 46.9. The molecule has 4 rings (SSSR count). The van der Waals surface area contributed by atoms with E-state index in [1.54, 1.807) is 43.5 Å². The molecular weight excluding hydrogens is 534 g/mol. The quantitative estimate of drug-likeness (QED) is 0.247. The van der Waals surface area contributed by atoms with E-state index < -0.39 is 17.3 Å². The second-order valence-electron chi connectivity index (χ2n) is 6.79. The number of ether oxygens (including phenoxy) is 1. The van der Waals surface area contributed by atoms with Crippen LogP contribution in [0, 0.1) is 3.57 Å². The summed E-state index contributed by atoms with van der Waals surface area (Å²) in [5, 5.41) is 4.59. The summed E-state index contributed by atoms with van der Waals surface area (Å²) in [6.07, 6.45) is -3.07. The second-order valence-corrected chi connectivity index (χ2v) is 7.95. The average molecular weight is 549 g/mol. The van der Waals surface area contributed by atoms with Crippen LogP contribution in [-0.4, -0.2) is 23.0 Å². The van der Waals surface area contributed by atoms with Gasteiger partial charge in [-0.3, -0.25) is 4.79 Å². The van der Waals surface area contributed by atoms with Gasteiger partial charge in [0.15, 0.2) is 5.82 Å². The van der Waals surface area contributed by atoms with Crippen molar-refractivity contribution in [3.05, 3.63) is 91.8 Å². The molecule has 0 aliphatic carbocycles. The monoisotopic (exact) mass is 549 g/mol. The topological polar surface area (TPSA) is 56.5 Å². The van der Waals surface area contributed by atoms with Crippen LogP contribution >= 0.6 is 22.6 Å². The van der Waals surface area contributed by atoms with Crippen molar-refractivity contribution >= 4 is 39.7 Å². The number of halogens is 4. The molecule has 0 bridgehead atoms. The van der Waals surface area contributed by atoms with Crippen LogP contribution in [0.25, 0.3) is 22.3 Å². The molecule has 162 valence electrons. The van der Waals surface area contributed by atoms with Crippen LogP contribution in [0.5, 0.6) is 5.75 Å². The van der Waals surface area contributed by atoms with Crippen molar-refractivity contribution in [2.45, 2.75) is 6.18 Å². The van der Waals surface area contributed by atoms with Gasteiger partial charge in [0.25, 0.3) is 5.56 Å². The number of nitrogens with zero attached hydrogens (tertiary/aromatic N) is 3. The highest BCUT2D eigenvalue weighted by molar-refractivity contribution is 14.1. The van der Waals surface area contributed by atoms with Gasteiger partial charge >= 0.3 is 6.18 Å². The third-order valence-corrected chi connectivity index (χ3v) is 5.54. The van der Waals surface area contributed by atoms with Crippen molar-refractivity contribution in [2.24, 2.45) is 5.10 Å². The number of methoxy groups -OCH3 is 1. The van der Waals surface area contributed by atoms with E-state index >= 15 is 0 Å². The predicted octanol–water partition coefficient (Wildman–Crippen LogP) is 5.58. The van der Waals surface area contributed by atoms with Gasteiger partial charge in [0.2, 0.25) is 0 Å². The molecule has 5 nitrogen and oxygen atoms in total. The van der Waals surface area contributed by atoms with E-state index in [2.05, 4.69) is 32.7 Å². The van der Waals surface area contributed by atoms with Crippen molar-refractivity contribution in [2.75, 3.05) is 7.11 Å². The molecule has 0 saturated heterocycles. The lowest BCUT2D eigenvalue weighted by atomic mass is 10.1. The van der Waals surface area contributed by atoms with Crippen LogP contribution < -0.4 is 10.3 Å². The summed E-state index contributed by atoms with van der Waals surface area (Å²) in [5.74, 6) is 0.705. The largest absolute Gasteiger partial charge is 0.496 e. The van der Waals surface area contributed by atoms with Crippen molar-refractivity contribution in [3.8, 4) is 17.1 Å². The Kier molecular flexibility index (Phi) is 6.00. The Hall–Kier alpha value is -3.21. The van der Waals surface area contributed by atoms with Crippen LogP contribution in [0.1, 0.15) is 11.1 Å². The van der Waals surface area contributed by atoms with E-state index in [1.807, 2.05) is 6.07 Å². The van der Waals surface area contributed by atoms with Gasteiger partial charge in [0.1, 0.15) is 5.75 Å². The predicted molar refractivity (Wildman–Crippen MR) is 125 cm³/mol. The summed E-state index contributed by atoms with van der Waals surface area (Å²) in [6, 6.07) is 16.6. The Balaban J connectivity index is 1.91. The number of para-hydroxylation sites is 1. The highest BCUT2D eigenvalue weighted by atomic mass is 127. The maximum atomic E-state index is 13.3. The lowest BCUT2D eigenvalue weighted by Gasteiger charge is -2.12. The normalized spacial score (nSPS) is 11.9. The van der Waals surface area contributed by atoms with Gasteiger partial charge in [0.05, 0.1) is 33.4 Å². The molecule has 0 unspecified atom stereocenters. The fraction of sp³-hybridized carbons (Fsp3) is 0.0870. The Labute approximate surface area is 194 Å². The summed E-state index contributed by atoms with van der Waals surface area (Å²) >= 11 is 2.11. The van der Waals surface area contributed by atoms with Crippen molar-refractivity contribution in [1.29, 1.82) is 0 Å². The molecular formula is C23H15F3IN3O2. The molecule has 0 atom stereocenters. The zero-order chi connectivity index (χ0) is 22.9. The molecule has 0 fully saturated rings. The molecule has 1 heterocycles. The van der Waals surface area contributed by atoms with Gasteiger partial charge in [-0.25, -0.2) is 4.98 Å². The maximum Gasteiger partial charge on any atom is 0.416 e. The number of hydrogen-bond acceptors (Lipinski definition) is 4. The molecule has 0 N–H and O–H groups in total. The summed E-state index contributed by atoms with van der Waals surface area (Å²) in [4.78, 5) is 17.6. The first kappa shape index (κ1) is 22.0. The highest BCUT2D eigenvalue weighted by Crippen LogP contribution is 2.32. The molecule has 1 aromatic heterocycles. The summed E-state index contributed by atoms with van der Waals surface area (Å²) in [5.41, 5.74) is -0.134. The number of fused-ring (bicyclic) bond motifs is 1. The van der Waals surface area contributed by atoms with E-state index in [1.165, 1.54) is 18.3 Å². The fourth-order valence-corrected chi connectivity index (χ4v) is 3.90. The highest BCUT2D eigenvalue weighted by Gasteiger charge is 2.30. The first-order valence-corrected chi connectivity index (χ1v) is 10.4. The number of rotatable bonds is 4. The first-order valence-electron chi connectivity index (χ1n) is 9.35. The lowest BCUT2D eigenvalue weighted by molar-refractivity contribution is -0.137. The molecule has 0 amide bonds. The van der Waals surface area contributed by atoms with Crippen molar-refractivity contribution in [3.63, 3.8) is 0 Å². The molecule has 0 aliphatic heterocycles. The molecule has 0 radical (unpaired) electrons. The van der Waals surface area contributed by atoms with Crippen molar-refractivity contribution < 1.29 is 17.9 Å². The van der Waals surface area contributed by atoms with Crippen molar-refractivity contribution in [1.82, 2.24) is 9.66 Å². The van der Waals surface area contributed by atoms with Crippen LogP contribution in [-0.2, 0) is 6.18 Å². The molecule has 0 aliphatic rings. The Morgan fingerprint density at radius 3 is 2.56 bits per heavy atom. The molecule has 4 aromatic rings. The van der Waals surface area contributed by atoms with Crippen LogP contribution in [0.15, 0.2) is 76.6 Å². The minimum absolute atomic E-state index is 0.0132. The van der Waals surface area contributed by atoms with Gasteiger partial charge < -0.3 is 4.74 Å². The molecule has 9 heteroatoms. The molecule has 0 spiro atoms. The van der Waals surface area contributed by atoms with Gasteiger partial charge in [-0.15, -0.1) is 0 Å². The zero-order valence-corrected chi connectivity index (χ0v) is 18.8. The third-order valence-electron chi connectivity index (χ3n) is 4.70. The smallest absolute Gasteiger partial charge is 0.416 e. The van der Waals surface area contributed by atoms with E-state index in [9.17, 15) is 18.0 Å². The minimum atomic E-state index is -4.53. The maximum absolute atomic E-state index is 13.3. The zero-order valence-electron chi connectivity index (χ0n) is 16.6. The summed E-state index contributed by atoms with van der Waals surface area (Å²) in [6.45, 7) is 0.